The van der Waals surface area contributed by atoms with E-state index in [-0.39, 0.29) is 0 Å². The lowest BCUT2D eigenvalue weighted by Crippen LogP contribution is -2.02. The fourth-order valence-electron chi connectivity index (χ4n) is 1.44. The van der Waals surface area contributed by atoms with E-state index in [2.05, 4.69) is 13.0 Å². The van der Waals surface area contributed by atoms with Gasteiger partial charge in [-0.05, 0) is 37.5 Å². The first-order chi connectivity index (χ1) is 5.77. The Kier molecular flexibility index (Phi) is 1.77. The maximum atomic E-state index is 5.72. The topological polar surface area (TPSA) is 39.2 Å². The van der Waals surface area contributed by atoms with Crippen molar-refractivity contribution in [2.24, 2.45) is 11.7 Å². The Bertz CT molecular complexity index is 287. The minimum Gasteiger partial charge on any atom is -0.465 e. The van der Waals surface area contributed by atoms with Crippen molar-refractivity contribution in [2.45, 2.75) is 19.4 Å². The summed E-state index contributed by atoms with van der Waals surface area (Å²) in [6, 6.07) is 4.24. The molecule has 1 heterocycles. The van der Waals surface area contributed by atoms with Crippen molar-refractivity contribution in [3.63, 3.8) is 0 Å². The largest absolute Gasteiger partial charge is 0.465 e. The first-order valence-electron chi connectivity index (χ1n) is 4.24. The Morgan fingerprint density at radius 3 is 3.00 bits per heavy atom. The Morgan fingerprint density at radius 2 is 2.50 bits per heavy atom. The SMILES string of the molecule is C/C(=C\c1ccco1)C1CC1N. The molecule has 0 saturated heterocycles. The van der Waals surface area contributed by atoms with Gasteiger partial charge in [0.1, 0.15) is 5.76 Å². The number of nitrogens with two attached hydrogens (primary N) is 1. The molecule has 1 aromatic rings. The van der Waals surface area contributed by atoms with Crippen LogP contribution in [0.4, 0.5) is 0 Å². The molecular weight excluding hydrogens is 150 g/mol. The van der Waals surface area contributed by atoms with E-state index in [4.69, 9.17) is 10.2 Å². The minimum absolute atomic E-state index is 0.385. The number of hydrogen-bond acceptors (Lipinski definition) is 2. The van der Waals surface area contributed by atoms with Gasteiger partial charge in [-0.2, -0.15) is 0 Å². The van der Waals surface area contributed by atoms with E-state index < -0.39 is 0 Å². The molecular formula is C10H13NO. The quantitative estimate of drug-likeness (QED) is 0.724. The molecule has 0 aliphatic heterocycles. The third-order valence-corrected chi connectivity index (χ3v) is 2.34. The molecule has 2 N–H and O–H groups in total. The highest BCUT2D eigenvalue weighted by molar-refractivity contribution is 5.48. The van der Waals surface area contributed by atoms with Gasteiger partial charge in [0.25, 0.3) is 0 Å². The predicted molar refractivity (Wildman–Crippen MR) is 48.4 cm³/mol. The summed E-state index contributed by atoms with van der Waals surface area (Å²) in [5, 5.41) is 0. The highest BCUT2D eigenvalue weighted by atomic mass is 16.3. The van der Waals surface area contributed by atoms with Crippen molar-refractivity contribution in [1.29, 1.82) is 0 Å². The molecule has 2 nitrogen and oxygen atoms in total. The first kappa shape index (κ1) is 7.62. The predicted octanol–water partition coefficient (Wildman–Crippen LogP) is 2.03. The molecule has 0 aromatic carbocycles. The van der Waals surface area contributed by atoms with Crippen LogP contribution in [0.3, 0.4) is 0 Å². The van der Waals surface area contributed by atoms with Crippen LogP contribution >= 0.6 is 0 Å². The summed E-state index contributed by atoms with van der Waals surface area (Å²) in [6.07, 6.45) is 4.88. The maximum Gasteiger partial charge on any atom is 0.126 e. The fourth-order valence-corrected chi connectivity index (χ4v) is 1.44. The monoisotopic (exact) mass is 163 g/mol. The Balaban J connectivity index is 2.09. The van der Waals surface area contributed by atoms with Gasteiger partial charge in [-0.3, -0.25) is 0 Å². The number of rotatable bonds is 2. The van der Waals surface area contributed by atoms with Crippen LogP contribution in [0.25, 0.3) is 6.08 Å². The normalized spacial score (nSPS) is 29.0. The number of furan rings is 1. The van der Waals surface area contributed by atoms with Gasteiger partial charge in [0.15, 0.2) is 0 Å². The Hall–Kier alpha value is -1.02. The van der Waals surface area contributed by atoms with Crippen molar-refractivity contribution in [3.05, 3.63) is 29.7 Å². The molecule has 0 amide bonds. The zero-order valence-electron chi connectivity index (χ0n) is 7.16. The van der Waals surface area contributed by atoms with Crippen LogP contribution in [0.15, 0.2) is 28.4 Å². The standard InChI is InChI=1S/C10H13NO/c1-7(9-6-10(9)11)5-8-3-2-4-12-8/h2-5,9-10H,6,11H2,1H3/b7-5+. The molecule has 1 saturated carbocycles. The molecule has 2 heteroatoms. The third-order valence-electron chi connectivity index (χ3n) is 2.34. The second-order valence-electron chi connectivity index (χ2n) is 3.41. The van der Waals surface area contributed by atoms with Crippen LogP contribution in [0, 0.1) is 5.92 Å². The van der Waals surface area contributed by atoms with Crippen molar-refractivity contribution >= 4 is 6.08 Å². The Morgan fingerprint density at radius 1 is 1.75 bits per heavy atom. The molecule has 0 bridgehead atoms. The average Bonchev–Trinajstić information content (AvgIpc) is 2.58. The average molecular weight is 163 g/mol. The molecule has 2 rings (SSSR count). The fraction of sp³-hybridized carbons (Fsp3) is 0.400. The van der Waals surface area contributed by atoms with E-state index in [1.165, 1.54) is 5.57 Å². The third kappa shape index (κ3) is 1.43. The molecule has 2 unspecified atom stereocenters. The van der Waals surface area contributed by atoms with E-state index in [0.717, 1.165) is 12.2 Å². The van der Waals surface area contributed by atoms with E-state index in [0.29, 0.717) is 12.0 Å². The van der Waals surface area contributed by atoms with Crippen LogP contribution in [0.2, 0.25) is 0 Å². The molecule has 12 heavy (non-hydrogen) atoms. The Labute approximate surface area is 72.1 Å². The summed E-state index contributed by atoms with van der Waals surface area (Å²) < 4.78 is 5.20. The van der Waals surface area contributed by atoms with Crippen molar-refractivity contribution in [3.8, 4) is 0 Å². The van der Waals surface area contributed by atoms with Crippen LogP contribution < -0.4 is 5.73 Å². The summed E-state index contributed by atoms with van der Waals surface area (Å²) in [5.41, 5.74) is 7.06. The van der Waals surface area contributed by atoms with E-state index >= 15 is 0 Å². The molecule has 0 spiro atoms. The van der Waals surface area contributed by atoms with Gasteiger partial charge < -0.3 is 10.2 Å². The maximum absolute atomic E-state index is 5.72. The second-order valence-corrected chi connectivity index (χ2v) is 3.41. The van der Waals surface area contributed by atoms with Gasteiger partial charge in [-0.15, -0.1) is 0 Å². The summed E-state index contributed by atoms with van der Waals surface area (Å²) in [6.45, 7) is 2.11. The number of hydrogen-bond donors (Lipinski definition) is 1. The van der Waals surface area contributed by atoms with Gasteiger partial charge in [0.2, 0.25) is 0 Å². The summed E-state index contributed by atoms with van der Waals surface area (Å²) in [4.78, 5) is 0. The molecule has 1 aliphatic carbocycles. The van der Waals surface area contributed by atoms with Crippen LogP contribution in [0.5, 0.6) is 0 Å². The lowest BCUT2D eigenvalue weighted by Gasteiger charge is -1.94. The van der Waals surface area contributed by atoms with Gasteiger partial charge >= 0.3 is 0 Å². The molecule has 2 atom stereocenters. The van der Waals surface area contributed by atoms with Crippen LogP contribution in [0.1, 0.15) is 19.1 Å². The second kappa shape index (κ2) is 2.79. The van der Waals surface area contributed by atoms with Crippen molar-refractivity contribution in [2.75, 3.05) is 0 Å². The summed E-state index contributed by atoms with van der Waals surface area (Å²) >= 11 is 0. The van der Waals surface area contributed by atoms with E-state index in [9.17, 15) is 0 Å². The zero-order valence-corrected chi connectivity index (χ0v) is 7.16. The van der Waals surface area contributed by atoms with Gasteiger partial charge in [0, 0.05) is 6.04 Å². The smallest absolute Gasteiger partial charge is 0.126 e. The lowest BCUT2D eigenvalue weighted by molar-refractivity contribution is 0.556. The van der Waals surface area contributed by atoms with E-state index in [1.807, 2.05) is 12.1 Å². The highest BCUT2D eigenvalue weighted by Gasteiger charge is 2.34. The lowest BCUT2D eigenvalue weighted by atomic mass is 10.1. The van der Waals surface area contributed by atoms with E-state index in [1.54, 1.807) is 6.26 Å². The molecule has 64 valence electrons. The minimum atomic E-state index is 0.385. The highest BCUT2D eigenvalue weighted by Crippen LogP contribution is 2.35. The van der Waals surface area contributed by atoms with Crippen molar-refractivity contribution < 1.29 is 4.42 Å². The van der Waals surface area contributed by atoms with Gasteiger partial charge in [-0.1, -0.05) is 5.57 Å². The van der Waals surface area contributed by atoms with Gasteiger partial charge in [-0.25, -0.2) is 0 Å². The molecule has 1 aromatic heterocycles. The zero-order chi connectivity index (χ0) is 8.55. The van der Waals surface area contributed by atoms with Crippen LogP contribution in [-0.2, 0) is 0 Å². The summed E-state index contributed by atoms with van der Waals surface area (Å²) in [5.74, 6) is 1.52. The van der Waals surface area contributed by atoms with Crippen LogP contribution in [-0.4, -0.2) is 6.04 Å². The molecule has 1 fully saturated rings. The van der Waals surface area contributed by atoms with Gasteiger partial charge in [0.05, 0.1) is 6.26 Å². The molecule has 0 radical (unpaired) electrons. The first-order valence-corrected chi connectivity index (χ1v) is 4.24. The van der Waals surface area contributed by atoms with Crippen molar-refractivity contribution in [1.82, 2.24) is 0 Å². The summed E-state index contributed by atoms with van der Waals surface area (Å²) in [7, 11) is 0. The molecule has 1 aliphatic rings.